The number of hydrogen-bond donors (Lipinski definition) is 1. The summed E-state index contributed by atoms with van der Waals surface area (Å²) >= 11 is 1.82. The molecule has 1 aromatic heterocycles. The summed E-state index contributed by atoms with van der Waals surface area (Å²) in [7, 11) is 3.32. The number of thiazole rings is 1. The average molecular weight is 363 g/mol. The van der Waals surface area contributed by atoms with E-state index in [1.807, 2.05) is 23.5 Å². The minimum absolute atomic E-state index is 0.104. The fourth-order valence-corrected chi connectivity index (χ4v) is 3.84. The molecule has 0 fully saturated rings. The summed E-state index contributed by atoms with van der Waals surface area (Å²) in [5.74, 6) is 1.55. The van der Waals surface area contributed by atoms with Crippen LogP contribution in [0.2, 0.25) is 0 Å². The van der Waals surface area contributed by atoms with Gasteiger partial charge in [-0.1, -0.05) is 26.8 Å². The Morgan fingerprint density at radius 2 is 1.84 bits per heavy atom. The van der Waals surface area contributed by atoms with Crippen LogP contribution in [0.5, 0.6) is 11.5 Å². The molecule has 5 heteroatoms. The smallest absolute Gasteiger partial charge is 0.160 e. The van der Waals surface area contributed by atoms with Crippen LogP contribution in [-0.4, -0.2) is 25.7 Å². The van der Waals surface area contributed by atoms with Gasteiger partial charge in [0.1, 0.15) is 0 Å². The molecule has 2 rings (SSSR count). The van der Waals surface area contributed by atoms with Crippen LogP contribution in [0.4, 0.5) is 0 Å². The molecule has 2 aromatic rings. The number of benzene rings is 1. The Labute approximate surface area is 155 Å². The molecule has 1 aromatic carbocycles. The molecule has 0 saturated heterocycles. The molecule has 0 saturated carbocycles. The third-order valence-electron chi connectivity index (χ3n) is 4.18. The molecule has 1 N–H and O–H groups in total. The SMILES string of the molecule is COc1ccc(CCNC(C)c2sc(C(C)(C)C)nc2C)cc1OC. The molecule has 1 unspecified atom stereocenters. The van der Waals surface area contributed by atoms with Crippen molar-refractivity contribution in [3.05, 3.63) is 39.3 Å². The molecule has 0 aliphatic carbocycles. The van der Waals surface area contributed by atoms with E-state index >= 15 is 0 Å². The summed E-state index contributed by atoms with van der Waals surface area (Å²) < 4.78 is 10.7. The topological polar surface area (TPSA) is 43.4 Å². The van der Waals surface area contributed by atoms with Gasteiger partial charge in [-0.15, -0.1) is 11.3 Å². The minimum atomic E-state index is 0.104. The van der Waals surface area contributed by atoms with E-state index in [9.17, 15) is 0 Å². The Bertz CT molecular complexity index is 704. The first kappa shape index (κ1) is 19.7. The van der Waals surface area contributed by atoms with Gasteiger partial charge in [-0.25, -0.2) is 4.98 Å². The van der Waals surface area contributed by atoms with Crippen molar-refractivity contribution in [3.63, 3.8) is 0 Å². The van der Waals surface area contributed by atoms with Crippen LogP contribution in [0.3, 0.4) is 0 Å². The number of hydrogen-bond acceptors (Lipinski definition) is 5. The number of nitrogens with zero attached hydrogens (tertiary/aromatic N) is 1. The van der Waals surface area contributed by atoms with E-state index in [0.717, 1.165) is 30.2 Å². The highest BCUT2D eigenvalue weighted by Crippen LogP contribution is 2.32. The van der Waals surface area contributed by atoms with Crippen LogP contribution in [0.25, 0.3) is 0 Å². The maximum Gasteiger partial charge on any atom is 0.160 e. The molecule has 0 bridgehead atoms. The second-order valence-electron chi connectivity index (χ2n) is 7.33. The van der Waals surface area contributed by atoms with Crippen LogP contribution in [0.1, 0.15) is 54.9 Å². The van der Waals surface area contributed by atoms with Gasteiger partial charge in [-0.3, -0.25) is 0 Å². The Morgan fingerprint density at radius 3 is 2.40 bits per heavy atom. The maximum atomic E-state index is 5.37. The summed E-state index contributed by atoms with van der Waals surface area (Å²) in [5, 5.41) is 4.82. The predicted octanol–water partition coefficient (Wildman–Crippen LogP) is 4.66. The summed E-state index contributed by atoms with van der Waals surface area (Å²) in [4.78, 5) is 6.09. The molecule has 1 atom stereocenters. The monoisotopic (exact) mass is 362 g/mol. The summed E-state index contributed by atoms with van der Waals surface area (Å²) in [6.45, 7) is 11.9. The highest BCUT2D eigenvalue weighted by molar-refractivity contribution is 7.12. The first-order valence-corrected chi connectivity index (χ1v) is 9.50. The van der Waals surface area contributed by atoms with E-state index in [4.69, 9.17) is 14.5 Å². The molecule has 0 aliphatic rings. The van der Waals surface area contributed by atoms with Crippen molar-refractivity contribution in [1.29, 1.82) is 0 Å². The van der Waals surface area contributed by atoms with Gasteiger partial charge in [-0.2, -0.15) is 0 Å². The van der Waals surface area contributed by atoms with Crippen molar-refractivity contribution in [2.24, 2.45) is 0 Å². The van der Waals surface area contributed by atoms with Crippen LogP contribution in [-0.2, 0) is 11.8 Å². The second kappa shape index (κ2) is 8.19. The lowest BCUT2D eigenvalue weighted by atomic mass is 9.98. The standard InChI is InChI=1S/C20H30N2O2S/c1-13(18-14(2)22-19(25-18)20(3,4)5)21-11-10-15-8-9-16(23-6)17(12-15)24-7/h8-9,12-13,21H,10-11H2,1-7H3. The van der Waals surface area contributed by atoms with Crippen LogP contribution in [0.15, 0.2) is 18.2 Å². The van der Waals surface area contributed by atoms with Crippen molar-refractivity contribution in [2.75, 3.05) is 20.8 Å². The molecular formula is C20H30N2O2S. The summed E-state index contributed by atoms with van der Waals surface area (Å²) in [6, 6.07) is 6.39. The van der Waals surface area contributed by atoms with E-state index in [1.165, 1.54) is 15.4 Å². The van der Waals surface area contributed by atoms with Crippen molar-refractivity contribution >= 4 is 11.3 Å². The molecule has 1 heterocycles. The third-order valence-corrected chi connectivity index (χ3v) is 5.95. The lowest BCUT2D eigenvalue weighted by Gasteiger charge is -2.15. The molecule has 138 valence electrons. The number of rotatable bonds is 7. The molecule has 25 heavy (non-hydrogen) atoms. The minimum Gasteiger partial charge on any atom is -0.493 e. The number of ether oxygens (including phenoxy) is 2. The predicted molar refractivity (Wildman–Crippen MR) is 105 cm³/mol. The van der Waals surface area contributed by atoms with E-state index < -0.39 is 0 Å². The Hall–Kier alpha value is -1.59. The number of nitrogens with one attached hydrogen (secondary N) is 1. The van der Waals surface area contributed by atoms with Gasteiger partial charge in [0.05, 0.1) is 24.9 Å². The number of methoxy groups -OCH3 is 2. The van der Waals surface area contributed by atoms with Crippen molar-refractivity contribution in [2.45, 2.75) is 52.5 Å². The van der Waals surface area contributed by atoms with Gasteiger partial charge in [-0.05, 0) is 44.5 Å². The van der Waals surface area contributed by atoms with E-state index in [-0.39, 0.29) is 5.41 Å². The molecule has 0 radical (unpaired) electrons. The Morgan fingerprint density at radius 1 is 1.16 bits per heavy atom. The molecule has 4 nitrogen and oxygen atoms in total. The van der Waals surface area contributed by atoms with Gasteiger partial charge in [0.25, 0.3) is 0 Å². The zero-order chi connectivity index (χ0) is 18.6. The number of aryl methyl sites for hydroxylation is 1. The Balaban J connectivity index is 1.97. The maximum absolute atomic E-state index is 5.37. The molecule has 0 amide bonds. The molecule has 0 spiro atoms. The van der Waals surface area contributed by atoms with Gasteiger partial charge < -0.3 is 14.8 Å². The zero-order valence-electron chi connectivity index (χ0n) is 16.4. The van der Waals surface area contributed by atoms with Gasteiger partial charge in [0, 0.05) is 16.3 Å². The quantitative estimate of drug-likeness (QED) is 0.778. The van der Waals surface area contributed by atoms with Crippen molar-refractivity contribution in [1.82, 2.24) is 10.3 Å². The highest BCUT2D eigenvalue weighted by Gasteiger charge is 2.22. The molecular weight excluding hydrogens is 332 g/mol. The normalized spacial score (nSPS) is 12.9. The zero-order valence-corrected chi connectivity index (χ0v) is 17.2. The van der Waals surface area contributed by atoms with Crippen molar-refractivity contribution < 1.29 is 9.47 Å². The van der Waals surface area contributed by atoms with Crippen LogP contribution in [0, 0.1) is 6.92 Å². The number of aromatic nitrogens is 1. The van der Waals surface area contributed by atoms with E-state index in [1.54, 1.807) is 14.2 Å². The summed E-state index contributed by atoms with van der Waals surface area (Å²) in [5.41, 5.74) is 2.47. The fourth-order valence-electron chi connectivity index (χ4n) is 2.69. The van der Waals surface area contributed by atoms with Crippen LogP contribution >= 0.6 is 11.3 Å². The van der Waals surface area contributed by atoms with Gasteiger partial charge in [0.2, 0.25) is 0 Å². The van der Waals surface area contributed by atoms with Gasteiger partial charge in [0.15, 0.2) is 11.5 Å². The molecule has 0 aliphatic heterocycles. The first-order chi connectivity index (χ1) is 11.8. The highest BCUT2D eigenvalue weighted by atomic mass is 32.1. The third kappa shape index (κ3) is 4.95. The van der Waals surface area contributed by atoms with E-state index in [2.05, 4.69) is 46.0 Å². The lowest BCUT2D eigenvalue weighted by Crippen LogP contribution is -2.21. The fraction of sp³-hybridized carbons (Fsp3) is 0.550. The lowest BCUT2D eigenvalue weighted by molar-refractivity contribution is 0.354. The first-order valence-electron chi connectivity index (χ1n) is 8.68. The average Bonchev–Trinajstić information content (AvgIpc) is 2.96. The van der Waals surface area contributed by atoms with Crippen molar-refractivity contribution in [3.8, 4) is 11.5 Å². The van der Waals surface area contributed by atoms with E-state index in [0.29, 0.717) is 6.04 Å². The second-order valence-corrected chi connectivity index (χ2v) is 8.36. The summed E-state index contributed by atoms with van der Waals surface area (Å²) in [6.07, 6.45) is 0.939. The van der Waals surface area contributed by atoms with Crippen LogP contribution < -0.4 is 14.8 Å². The Kier molecular flexibility index (Phi) is 6.47. The largest absolute Gasteiger partial charge is 0.493 e. The van der Waals surface area contributed by atoms with Gasteiger partial charge >= 0.3 is 0 Å².